The average molecular weight is 293 g/mol. The first-order chi connectivity index (χ1) is 10.2. The lowest BCUT2D eigenvalue weighted by Crippen LogP contribution is -2.28. The zero-order valence-electron chi connectivity index (χ0n) is 13.4. The zero-order valence-corrected chi connectivity index (χ0v) is 13.4. The molecule has 4 heteroatoms. The molecule has 1 aromatic rings. The smallest absolute Gasteiger partial charge is 0.305 e. The van der Waals surface area contributed by atoms with Crippen LogP contribution in [0.5, 0.6) is 5.75 Å². The second-order valence-electron chi connectivity index (χ2n) is 5.23. The minimum absolute atomic E-state index is 0.192. The van der Waals surface area contributed by atoms with Gasteiger partial charge in [-0.15, -0.1) is 0 Å². The molecule has 0 aromatic heterocycles. The Hall–Kier alpha value is -1.55. The van der Waals surface area contributed by atoms with E-state index in [0.717, 1.165) is 25.1 Å². The second kappa shape index (κ2) is 10.2. The molecule has 21 heavy (non-hydrogen) atoms. The van der Waals surface area contributed by atoms with Crippen LogP contribution >= 0.6 is 0 Å². The zero-order chi connectivity index (χ0) is 15.5. The third-order valence-corrected chi connectivity index (χ3v) is 3.23. The Labute approximate surface area is 127 Å². The summed E-state index contributed by atoms with van der Waals surface area (Å²) in [5.74, 6) is 0.653. The van der Waals surface area contributed by atoms with Gasteiger partial charge < -0.3 is 14.8 Å². The highest BCUT2D eigenvalue weighted by Crippen LogP contribution is 2.14. The van der Waals surface area contributed by atoms with Gasteiger partial charge in [-0.1, -0.05) is 19.1 Å². The highest BCUT2D eigenvalue weighted by Gasteiger charge is 2.03. The van der Waals surface area contributed by atoms with Crippen molar-refractivity contribution < 1.29 is 14.3 Å². The van der Waals surface area contributed by atoms with Crippen LogP contribution in [0.1, 0.15) is 38.7 Å². The van der Waals surface area contributed by atoms with E-state index in [0.29, 0.717) is 25.5 Å². The molecule has 0 spiro atoms. The van der Waals surface area contributed by atoms with Gasteiger partial charge in [0.25, 0.3) is 0 Å². The average Bonchev–Trinajstić information content (AvgIpc) is 2.50. The summed E-state index contributed by atoms with van der Waals surface area (Å²) in [6.07, 6.45) is 3.24. The molecule has 4 nitrogen and oxygen atoms in total. The van der Waals surface area contributed by atoms with Gasteiger partial charge >= 0.3 is 5.97 Å². The molecule has 0 radical (unpaired) electrons. The summed E-state index contributed by atoms with van der Waals surface area (Å²) in [6.45, 7) is 5.96. The summed E-state index contributed by atoms with van der Waals surface area (Å²) in [6, 6.07) is 8.65. The Balaban J connectivity index is 2.28. The largest absolute Gasteiger partial charge is 0.494 e. The van der Waals surface area contributed by atoms with E-state index in [1.165, 1.54) is 12.7 Å². The van der Waals surface area contributed by atoms with Crippen molar-refractivity contribution in [1.29, 1.82) is 0 Å². The predicted octanol–water partition coefficient (Wildman–Crippen LogP) is 2.95. The fourth-order valence-electron chi connectivity index (χ4n) is 2.05. The van der Waals surface area contributed by atoms with Crippen molar-refractivity contribution in [3.05, 3.63) is 29.8 Å². The first-order valence-electron chi connectivity index (χ1n) is 7.67. The summed E-state index contributed by atoms with van der Waals surface area (Å²) in [7, 11) is 1.40. The van der Waals surface area contributed by atoms with Gasteiger partial charge in [0.15, 0.2) is 0 Å². The number of carbonyl (C=O) groups is 1. The van der Waals surface area contributed by atoms with Crippen LogP contribution in [-0.2, 0) is 16.0 Å². The van der Waals surface area contributed by atoms with Gasteiger partial charge in [-0.25, -0.2) is 0 Å². The van der Waals surface area contributed by atoms with Crippen molar-refractivity contribution in [2.45, 2.75) is 45.6 Å². The van der Waals surface area contributed by atoms with E-state index in [-0.39, 0.29) is 5.97 Å². The van der Waals surface area contributed by atoms with Crippen LogP contribution in [0.2, 0.25) is 0 Å². The molecule has 0 saturated carbocycles. The maximum atomic E-state index is 11.0. The van der Waals surface area contributed by atoms with Crippen LogP contribution in [0.15, 0.2) is 24.3 Å². The number of esters is 1. The second-order valence-corrected chi connectivity index (χ2v) is 5.23. The normalized spacial score (nSPS) is 12.0. The van der Waals surface area contributed by atoms with Crippen molar-refractivity contribution in [1.82, 2.24) is 5.32 Å². The summed E-state index contributed by atoms with van der Waals surface area (Å²) in [5.41, 5.74) is 1.30. The molecule has 0 aliphatic rings. The van der Waals surface area contributed by atoms with Crippen molar-refractivity contribution in [2.24, 2.45) is 0 Å². The molecule has 0 heterocycles. The Morgan fingerprint density at radius 1 is 1.29 bits per heavy atom. The van der Waals surface area contributed by atoms with Crippen LogP contribution in [0.4, 0.5) is 0 Å². The lowest BCUT2D eigenvalue weighted by Gasteiger charge is -2.13. The van der Waals surface area contributed by atoms with Crippen LogP contribution in [0.25, 0.3) is 0 Å². The van der Waals surface area contributed by atoms with Crippen LogP contribution in [-0.4, -0.2) is 32.3 Å². The molecule has 1 atom stereocenters. The summed E-state index contributed by atoms with van der Waals surface area (Å²) in [5, 5.41) is 3.48. The van der Waals surface area contributed by atoms with Gasteiger partial charge in [-0.05, 0) is 50.4 Å². The van der Waals surface area contributed by atoms with E-state index in [4.69, 9.17) is 4.74 Å². The van der Waals surface area contributed by atoms with E-state index in [1.54, 1.807) is 0 Å². The van der Waals surface area contributed by atoms with Gasteiger partial charge in [0, 0.05) is 12.5 Å². The number of nitrogens with one attached hydrogen (secondary N) is 1. The minimum atomic E-state index is -0.192. The lowest BCUT2D eigenvalue weighted by atomic mass is 10.1. The molecular formula is C17H27NO3. The summed E-state index contributed by atoms with van der Waals surface area (Å²) >= 11 is 0. The standard InChI is InChI=1S/C17H27NO3/c1-4-11-18-14(2)13-15-7-9-16(10-8-15)21-12-5-6-17(19)20-3/h7-10,14,18H,4-6,11-13H2,1-3H3. The summed E-state index contributed by atoms with van der Waals surface area (Å²) < 4.78 is 10.2. The monoisotopic (exact) mass is 293 g/mol. The maximum absolute atomic E-state index is 11.0. The SMILES string of the molecule is CCCNC(C)Cc1ccc(OCCCC(=O)OC)cc1. The van der Waals surface area contributed by atoms with Gasteiger partial charge in [-0.2, -0.15) is 0 Å². The number of methoxy groups -OCH3 is 1. The molecule has 1 unspecified atom stereocenters. The summed E-state index contributed by atoms with van der Waals surface area (Å²) in [4.78, 5) is 11.0. The number of hydrogen-bond donors (Lipinski definition) is 1. The van der Waals surface area contributed by atoms with Crippen LogP contribution in [0.3, 0.4) is 0 Å². The van der Waals surface area contributed by atoms with Gasteiger partial charge in [-0.3, -0.25) is 4.79 Å². The molecule has 1 rings (SSSR count). The Morgan fingerprint density at radius 2 is 2.00 bits per heavy atom. The molecule has 0 aliphatic heterocycles. The van der Waals surface area contributed by atoms with Gasteiger partial charge in [0.2, 0.25) is 0 Å². The Kier molecular flexibility index (Phi) is 8.51. The van der Waals surface area contributed by atoms with E-state index < -0.39 is 0 Å². The quantitative estimate of drug-likeness (QED) is 0.532. The number of benzene rings is 1. The van der Waals surface area contributed by atoms with E-state index in [9.17, 15) is 4.79 Å². The van der Waals surface area contributed by atoms with Gasteiger partial charge in [0.05, 0.1) is 13.7 Å². The van der Waals surface area contributed by atoms with E-state index in [1.807, 2.05) is 12.1 Å². The highest BCUT2D eigenvalue weighted by molar-refractivity contribution is 5.69. The molecule has 1 aromatic carbocycles. The van der Waals surface area contributed by atoms with Gasteiger partial charge in [0.1, 0.15) is 5.75 Å². The molecule has 1 N–H and O–H groups in total. The number of carbonyl (C=O) groups excluding carboxylic acids is 1. The number of hydrogen-bond acceptors (Lipinski definition) is 4. The lowest BCUT2D eigenvalue weighted by molar-refractivity contribution is -0.140. The first kappa shape index (κ1) is 17.5. The molecule has 0 bridgehead atoms. The fourth-order valence-corrected chi connectivity index (χ4v) is 2.05. The van der Waals surface area contributed by atoms with Crippen LogP contribution < -0.4 is 10.1 Å². The first-order valence-corrected chi connectivity index (χ1v) is 7.67. The molecule has 0 fully saturated rings. The molecule has 0 amide bonds. The number of rotatable bonds is 10. The Bertz CT molecular complexity index is 403. The molecule has 0 saturated heterocycles. The molecule has 0 aliphatic carbocycles. The van der Waals surface area contributed by atoms with Crippen molar-refractivity contribution in [3.63, 3.8) is 0 Å². The van der Waals surface area contributed by atoms with Crippen LogP contribution in [0, 0.1) is 0 Å². The minimum Gasteiger partial charge on any atom is -0.494 e. The molecule has 118 valence electrons. The third kappa shape index (κ3) is 7.71. The number of ether oxygens (including phenoxy) is 2. The predicted molar refractivity (Wildman–Crippen MR) is 84.6 cm³/mol. The fraction of sp³-hybridized carbons (Fsp3) is 0.588. The highest BCUT2D eigenvalue weighted by atomic mass is 16.5. The van der Waals surface area contributed by atoms with E-state index in [2.05, 4.69) is 36.0 Å². The molecular weight excluding hydrogens is 266 g/mol. The topological polar surface area (TPSA) is 47.6 Å². The Morgan fingerprint density at radius 3 is 2.62 bits per heavy atom. The maximum Gasteiger partial charge on any atom is 0.305 e. The van der Waals surface area contributed by atoms with Crippen molar-refractivity contribution >= 4 is 5.97 Å². The third-order valence-electron chi connectivity index (χ3n) is 3.23. The van der Waals surface area contributed by atoms with Crippen molar-refractivity contribution in [3.8, 4) is 5.75 Å². The van der Waals surface area contributed by atoms with Crippen molar-refractivity contribution in [2.75, 3.05) is 20.3 Å². The van der Waals surface area contributed by atoms with E-state index >= 15 is 0 Å².